The zero-order valence-electron chi connectivity index (χ0n) is 13.3. The Morgan fingerprint density at radius 1 is 1.21 bits per heavy atom. The van der Waals surface area contributed by atoms with Crippen molar-refractivity contribution in [3.05, 3.63) is 36.4 Å². The fourth-order valence-electron chi connectivity index (χ4n) is 4.16. The molecule has 0 aromatic heterocycles. The average molecular weight is 326 g/mol. The summed E-state index contributed by atoms with van der Waals surface area (Å²) in [5.74, 6) is -0.395. The van der Waals surface area contributed by atoms with Crippen LogP contribution in [0.3, 0.4) is 0 Å². The van der Waals surface area contributed by atoms with Gasteiger partial charge in [-0.05, 0) is 30.4 Å². The van der Waals surface area contributed by atoms with Crippen LogP contribution in [0, 0.1) is 23.7 Å². The molecular formula is C18H18N2O4. The number of hydrogen-bond acceptors (Lipinski definition) is 4. The molecule has 1 aromatic rings. The molecular weight excluding hydrogens is 308 g/mol. The van der Waals surface area contributed by atoms with Crippen LogP contribution in [0.25, 0.3) is 0 Å². The molecule has 2 bridgehead atoms. The zero-order chi connectivity index (χ0) is 16.8. The quantitative estimate of drug-likeness (QED) is 0.671. The lowest BCUT2D eigenvalue weighted by Crippen LogP contribution is -2.39. The topological polar surface area (TPSA) is 75.7 Å². The summed E-state index contributed by atoms with van der Waals surface area (Å²) >= 11 is 0. The monoisotopic (exact) mass is 326 g/mol. The van der Waals surface area contributed by atoms with Crippen molar-refractivity contribution in [2.24, 2.45) is 23.7 Å². The number of ether oxygens (including phenoxy) is 1. The second kappa shape index (κ2) is 5.47. The van der Waals surface area contributed by atoms with Gasteiger partial charge in [-0.2, -0.15) is 0 Å². The first kappa shape index (κ1) is 14.9. The first-order chi connectivity index (χ1) is 11.6. The summed E-state index contributed by atoms with van der Waals surface area (Å²) in [6.45, 7) is -0.235. The number of allylic oxidation sites excluding steroid dienone is 2. The van der Waals surface area contributed by atoms with E-state index in [1.807, 2.05) is 12.2 Å². The zero-order valence-corrected chi connectivity index (χ0v) is 13.3. The summed E-state index contributed by atoms with van der Waals surface area (Å²) in [4.78, 5) is 38.5. The lowest BCUT2D eigenvalue weighted by molar-refractivity contribution is -0.143. The molecule has 3 amide bonds. The van der Waals surface area contributed by atoms with E-state index in [4.69, 9.17) is 4.74 Å². The van der Waals surface area contributed by atoms with Crippen molar-refractivity contribution in [2.75, 3.05) is 19.0 Å². The number of amides is 3. The Morgan fingerprint density at radius 3 is 2.50 bits per heavy atom. The van der Waals surface area contributed by atoms with E-state index in [1.165, 1.54) is 0 Å². The third-order valence-electron chi connectivity index (χ3n) is 5.22. The van der Waals surface area contributed by atoms with E-state index in [2.05, 4.69) is 5.32 Å². The van der Waals surface area contributed by atoms with Crippen LogP contribution in [0.1, 0.15) is 6.42 Å². The lowest BCUT2D eigenvalue weighted by Gasteiger charge is -2.17. The van der Waals surface area contributed by atoms with Gasteiger partial charge in [0.2, 0.25) is 17.7 Å². The van der Waals surface area contributed by atoms with Gasteiger partial charge in [0.05, 0.1) is 18.9 Å². The number of benzene rings is 1. The molecule has 6 nitrogen and oxygen atoms in total. The molecule has 3 aliphatic rings. The van der Waals surface area contributed by atoms with Crippen LogP contribution in [0.2, 0.25) is 0 Å². The number of carbonyl (C=O) groups is 3. The predicted octanol–water partition coefficient (Wildman–Crippen LogP) is 1.44. The van der Waals surface area contributed by atoms with Crippen molar-refractivity contribution in [1.82, 2.24) is 4.90 Å². The second-order valence-corrected chi connectivity index (χ2v) is 6.54. The van der Waals surface area contributed by atoms with E-state index < -0.39 is 0 Å². The molecule has 124 valence electrons. The fraction of sp³-hybridized carbons (Fsp3) is 0.389. The maximum atomic E-state index is 12.5. The van der Waals surface area contributed by atoms with Gasteiger partial charge in [0, 0.05) is 11.8 Å². The molecule has 1 saturated carbocycles. The number of anilines is 1. The van der Waals surface area contributed by atoms with Crippen LogP contribution in [0.15, 0.2) is 36.4 Å². The van der Waals surface area contributed by atoms with E-state index in [0.29, 0.717) is 11.4 Å². The van der Waals surface area contributed by atoms with Gasteiger partial charge in [-0.25, -0.2) is 0 Å². The Morgan fingerprint density at radius 2 is 1.88 bits per heavy atom. The van der Waals surface area contributed by atoms with Crippen LogP contribution in [0.5, 0.6) is 5.75 Å². The maximum absolute atomic E-state index is 12.5. The van der Waals surface area contributed by atoms with Crippen LogP contribution >= 0.6 is 0 Å². The lowest BCUT2D eigenvalue weighted by atomic mass is 9.85. The highest BCUT2D eigenvalue weighted by atomic mass is 16.5. The Kier molecular flexibility index (Phi) is 3.40. The highest BCUT2D eigenvalue weighted by Crippen LogP contribution is 2.52. The number of fused-ring (bicyclic) bond motifs is 5. The van der Waals surface area contributed by atoms with Gasteiger partial charge in [-0.3, -0.25) is 19.3 Å². The molecule has 4 rings (SSSR count). The number of nitrogens with one attached hydrogen (secondary N) is 1. The van der Waals surface area contributed by atoms with E-state index >= 15 is 0 Å². The van der Waals surface area contributed by atoms with E-state index in [9.17, 15) is 14.4 Å². The van der Waals surface area contributed by atoms with Gasteiger partial charge in [-0.15, -0.1) is 0 Å². The molecule has 1 N–H and O–H groups in total. The number of imide groups is 1. The first-order valence-electron chi connectivity index (χ1n) is 8.06. The Labute approximate surface area is 139 Å². The molecule has 6 heteroatoms. The molecule has 1 saturated heterocycles. The summed E-state index contributed by atoms with van der Waals surface area (Å²) in [5.41, 5.74) is 0.570. The largest absolute Gasteiger partial charge is 0.497 e. The number of likely N-dealkylation sites (tertiary alicyclic amines) is 1. The number of methoxy groups -OCH3 is 1. The molecule has 1 aromatic carbocycles. The number of rotatable bonds is 4. The van der Waals surface area contributed by atoms with Gasteiger partial charge < -0.3 is 10.1 Å². The van der Waals surface area contributed by atoms with Crippen molar-refractivity contribution in [2.45, 2.75) is 6.42 Å². The first-order valence-corrected chi connectivity index (χ1v) is 8.06. The summed E-state index contributed by atoms with van der Waals surface area (Å²) in [6.07, 6.45) is 4.96. The van der Waals surface area contributed by atoms with Crippen LogP contribution in [0.4, 0.5) is 5.69 Å². The Balaban J connectivity index is 1.45. The standard InChI is InChI=1S/C18H18N2O4/c1-24-13-4-2-3-12(8-13)19-14(21)9-20-17(22)15-10-5-6-11(7-10)16(15)18(20)23/h2-6,8,10-11,15-16H,7,9H2,1H3,(H,19,21)/t10-,11-,15-,16+/m1/s1. The minimum absolute atomic E-state index is 0.155. The van der Waals surface area contributed by atoms with E-state index in [-0.39, 0.29) is 47.9 Å². The molecule has 2 fully saturated rings. The highest BCUT2D eigenvalue weighted by molar-refractivity contribution is 6.09. The SMILES string of the molecule is COc1cccc(NC(=O)CN2C(=O)[C@@H]3[C@H](C2=O)[C@@H]2C=C[C@@H]3C2)c1. The number of nitrogens with zero attached hydrogens (tertiary/aromatic N) is 1. The number of hydrogen-bond donors (Lipinski definition) is 1. The van der Waals surface area contributed by atoms with Gasteiger partial charge >= 0.3 is 0 Å². The van der Waals surface area contributed by atoms with Crippen molar-refractivity contribution >= 4 is 23.4 Å². The van der Waals surface area contributed by atoms with Crippen LogP contribution in [-0.2, 0) is 14.4 Å². The molecule has 4 atom stereocenters. The van der Waals surface area contributed by atoms with Crippen LogP contribution in [-0.4, -0.2) is 36.3 Å². The van der Waals surface area contributed by atoms with Crippen molar-refractivity contribution in [3.8, 4) is 5.75 Å². The second-order valence-electron chi connectivity index (χ2n) is 6.54. The summed E-state index contributed by atoms with van der Waals surface area (Å²) in [5, 5.41) is 2.71. The molecule has 0 spiro atoms. The predicted molar refractivity (Wildman–Crippen MR) is 86.1 cm³/mol. The van der Waals surface area contributed by atoms with Gasteiger partial charge in [0.15, 0.2) is 0 Å². The van der Waals surface area contributed by atoms with Gasteiger partial charge in [0.25, 0.3) is 0 Å². The van der Waals surface area contributed by atoms with Gasteiger partial charge in [0.1, 0.15) is 12.3 Å². The van der Waals surface area contributed by atoms with Crippen LogP contribution < -0.4 is 10.1 Å². The average Bonchev–Trinajstić information content (AvgIpc) is 3.25. The smallest absolute Gasteiger partial charge is 0.244 e. The van der Waals surface area contributed by atoms with Crippen molar-refractivity contribution < 1.29 is 19.1 Å². The fourth-order valence-corrected chi connectivity index (χ4v) is 4.16. The summed E-state index contributed by atoms with van der Waals surface area (Å²) in [6, 6.07) is 6.94. The van der Waals surface area contributed by atoms with E-state index in [1.54, 1.807) is 31.4 Å². The minimum atomic E-state index is -0.384. The molecule has 1 aliphatic heterocycles. The molecule has 1 heterocycles. The van der Waals surface area contributed by atoms with Gasteiger partial charge in [-0.1, -0.05) is 18.2 Å². The van der Waals surface area contributed by atoms with Crippen molar-refractivity contribution in [1.29, 1.82) is 0 Å². The molecule has 0 unspecified atom stereocenters. The molecule has 24 heavy (non-hydrogen) atoms. The normalized spacial score (nSPS) is 30.0. The summed E-state index contributed by atoms with van der Waals surface area (Å²) in [7, 11) is 1.55. The Hall–Kier alpha value is -2.63. The summed E-state index contributed by atoms with van der Waals surface area (Å²) < 4.78 is 5.11. The van der Waals surface area contributed by atoms with E-state index in [0.717, 1.165) is 11.3 Å². The minimum Gasteiger partial charge on any atom is -0.497 e. The third-order valence-corrected chi connectivity index (χ3v) is 5.22. The molecule has 2 aliphatic carbocycles. The Bertz CT molecular complexity index is 727. The highest BCUT2D eigenvalue weighted by Gasteiger charge is 2.59. The number of carbonyl (C=O) groups excluding carboxylic acids is 3. The third kappa shape index (κ3) is 2.21. The maximum Gasteiger partial charge on any atom is 0.244 e. The van der Waals surface area contributed by atoms with Crippen molar-refractivity contribution in [3.63, 3.8) is 0 Å². The molecule has 0 radical (unpaired) electrons.